The van der Waals surface area contributed by atoms with Gasteiger partial charge in [0.25, 0.3) is 0 Å². The van der Waals surface area contributed by atoms with Gasteiger partial charge in [0.2, 0.25) is 0 Å². The van der Waals surface area contributed by atoms with Crippen molar-refractivity contribution in [3.05, 3.63) is 24.3 Å². The van der Waals surface area contributed by atoms with Crippen LogP contribution >= 0.6 is 7.82 Å². The smallest absolute Gasteiger partial charge is 0.462 e. The number of aliphatic hydroxyl groups is 5. The fourth-order valence-corrected chi connectivity index (χ4v) is 7.29. The van der Waals surface area contributed by atoms with E-state index >= 15 is 0 Å². The molecule has 1 rings (SSSR count). The predicted octanol–water partition coefficient (Wildman–Crippen LogP) is 7.28. The van der Waals surface area contributed by atoms with Gasteiger partial charge in [0.1, 0.15) is 43.2 Å². The topological polar surface area (TPSA) is 210 Å². The summed E-state index contributed by atoms with van der Waals surface area (Å²) in [7, 11) is -5.11. The number of allylic oxidation sites excluding steroid dienone is 4. The van der Waals surface area contributed by atoms with Gasteiger partial charge in [-0.2, -0.15) is 0 Å². The second kappa shape index (κ2) is 32.3. The Hall–Kier alpha value is -1.67. The highest BCUT2D eigenvalue weighted by Gasteiger charge is 2.51. The van der Waals surface area contributed by atoms with Gasteiger partial charge in [0.15, 0.2) is 6.10 Å². The Balaban J connectivity index is 2.48. The number of carbonyl (C=O) groups is 2. The summed E-state index contributed by atoms with van der Waals surface area (Å²) in [5.41, 5.74) is 0. The molecule has 0 aromatic carbocycles. The van der Waals surface area contributed by atoms with Crippen LogP contribution in [0, 0.1) is 0 Å². The van der Waals surface area contributed by atoms with E-state index in [0.717, 1.165) is 77.0 Å². The Morgan fingerprint density at radius 3 is 1.51 bits per heavy atom. The van der Waals surface area contributed by atoms with Crippen molar-refractivity contribution < 1.29 is 63.1 Å². The number of phosphoric acid groups is 1. The molecule has 0 aromatic rings. The van der Waals surface area contributed by atoms with E-state index in [0.29, 0.717) is 12.8 Å². The van der Waals surface area contributed by atoms with Crippen LogP contribution in [0.15, 0.2) is 24.3 Å². The molecule has 0 heterocycles. The van der Waals surface area contributed by atoms with Gasteiger partial charge < -0.3 is 39.9 Å². The average Bonchev–Trinajstić information content (AvgIpc) is 3.16. The van der Waals surface area contributed by atoms with Gasteiger partial charge in [-0.15, -0.1) is 0 Å². The van der Waals surface area contributed by atoms with E-state index in [2.05, 4.69) is 38.2 Å². The lowest BCUT2D eigenvalue weighted by Crippen LogP contribution is -2.64. The van der Waals surface area contributed by atoms with Crippen molar-refractivity contribution in [2.45, 2.75) is 211 Å². The van der Waals surface area contributed by atoms with Crippen molar-refractivity contribution in [3.8, 4) is 0 Å². The minimum absolute atomic E-state index is 0.0899. The maximum atomic E-state index is 12.8. The number of hydrogen-bond acceptors (Lipinski definition) is 12. The Kier molecular flexibility index (Phi) is 30.2. The quantitative estimate of drug-likeness (QED) is 0.0164. The zero-order valence-electron chi connectivity index (χ0n) is 33.7. The standard InChI is InChI=1S/C41H75O13P/c1-3-5-7-9-11-13-14-15-16-17-18-19-20-22-24-26-28-30-35(43)53-33(31-51-34(42)29-27-25-23-21-12-10-8-6-4-2)32-52-55(49,50)54-41-39(47)37(45)36(44)38(46)40(41)48/h11,13,15-16,33,36-41,44-48H,3-10,12,14,17-32H2,1-2H3,(H,49,50)/b13-11+,16-15+/t33-,36?,37-,38?,39?,40?,41?/m1/s1. The fourth-order valence-electron chi connectivity index (χ4n) is 6.32. The average molecular weight is 807 g/mol. The molecule has 0 radical (unpaired) electrons. The summed E-state index contributed by atoms with van der Waals surface area (Å²) in [6.45, 7) is 3.22. The van der Waals surface area contributed by atoms with Crippen molar-refractivity contribution in [1.82, 2.24) is 0 Å². The third-order valence-corrected chi connectivity index (χ3v) is 10.8. The molecule has 0 bridgehead atoms. The Bertz CT molecular complexity index is 1070. The molecule has 55 heavy (non-hydrogen) atoms. The summed E-state index contributed by atoms with van der Waals surface area (Å²) in [4.78, 5) is 35.5. The van der Waals surface area contributed by atoms with E-state index in [1.54, 1.807) is 0 Å². The van der Waals surface area contributed by atoms with Gasteiger partial charge in [0.05, 0.1) is 6.61 Å². The summed E-state index contributed by atoms with van der Waals surface area (Å²) in [6, 6.07) is 0. The molecule has 0 saturated heterocycles. The van der Waals surface area contributed by atoms with E-state index in [1.165, 1.54) is 51.4 Å². The maximum absolute atomic E-state index is 12.8. The molecule has 0 amide bonds. The normalized spacial score (nSPS) is 23.3. The van der Waals surface area contributed by atoms with Crippen LogP contribution in [0.25, 0.3) is 0 Å². The van der Waals surface area contributed by atoms with Crippen LogP contribution in [0.1, 0.15) is 168 Å². The first-order chi connectivity index (χ1) is 26.4. The molecule has 13 nitrogen and oxygen atoms in total. The second-order valence-electron chi connectivity index (χ2n) is 14.8. The van der Waals surface area contributed by atoms with E-state index in [1.807, 2.05) is 0 Å². The minimum Gasteiger partial charge on any atom is -0.462 e. The molecule has 14 heteroatoms. The van der Waals surface area contributed by atoms with Gasteiger partial charge in [0, 0.05) is 12.8 Å². The SMILES string of the molecule is CCCCC/C=C/C/C=C/CCCCCCCCCC(=O)O[C@H](COC(=O)CCCCCCCCCCC)COP(=O)(O)OC1C(O)C(O)C(O)[C@@H](O)C1O. The predicted molar refractivity (Wildman–Crippen MR) is 212 cm³/mol. The van der Waals surface area contributed by atoms with Gasteiger partial charge >= 0.3 is 19.8 Å². The lowest BCUT2D eigenvalue weighted by atomic mass is 9.85. The zero-order chi connectivity index (χ0) is 40.7. The largest absolute Gasteiger partial charge is 0.472 e. The van der Waals surface area contributed by atoms with Gasteiger partial charge in [-0.3, -0.25) is 18.6 Å². The van der Waals surface area contributed by atoms with E-state index < -0.39 is 75.7 Å². The third kappa shape index (κ3) is 25.3. The lowest BCUT2D eigenvalue weighted by Gasteiger charge is -2.41. The summed E-state index contributed by atoms with van der Waals surface area (Å²) in [6.07, 6.45) is 19.7. The number of ether oxygens (including phenoxy) is 2. The molecular formula is C41H75O13P. The number of phosphoric ester groups is 1. The molecular weight excluding hydrogens is 731 g/mol. The van der Waals surface area contributed by atoms with Crippen LogP contribution in [-0.2, 0) is 32.7 Å². The van der Waals surface area contributed by atoms with Crippen molar-refractivity contribution >= 4 is 19.8 Å². The number of aliphatic hydroxyl groups excluding tert-OH is 5. The minimum atomic E-state index is -5.11. The van der Waals surface area contributed by atoms with Crippen LogP contribution < -0.4 is 0 Å². The van der Waals surface area contributed by atoms with E-state index in [4.69, 9.17) is 18.5 Å². The zero-order valence-corrected chi connectivity index (χ0v) is 34.6. The first kappa shape index (κ1) is 51.3. The second-order valence-corrected chi connectivity index (χ2v) is 16.3. The van der Waals surface area contributed by atoms with E-state index in [-0.39, 0.29) is 12.8 Å². The molecule has 6 N–H and O–H groups in total. The molecule has 6 unspecified atom stereocenters. The molecule has 0 spiro atoms. The highest BCUT2D eigenvalue weighted by atomic mass is 31.2. The monoisotopic (exact) mass is 806 g/mol. The van der Waals surface area contributed by atoms with Crippen molar-refractivity contribution in [2.75, 3.05) is 13.2 Å². The maximum Gasteiger partial charge on any atom is 0.472 e. The fraction of sp³-hybridized carbons (Fsp3) is 0.854. The number of carbonyl (C=O) groups excluding carboxylic acids is 2. The molecule has 0 aliphatic heterocycles. The summed E-state index contributed by atoms with van der Waals surface area (Å²) in [5, 5.41) is 50.0. The van der Waals surface area contributed by atoms with Crippen LogP contribution in [0.2, 0.25) is 0 Å². The summed E-state index contributed by atoms with van der Waals surface area (Å²) >= 11 is 0. The number of rotatable bonds is 34. The molecule has 1 fully saturated rings. The van der Waals surface area contributed by atoms with Crippen molar-refractivity contribution in [3.63, 3.8) is 0 Å². The molecule has 0 aromatic heterocycles. The third-order valence-electron chi connectivity index (χ3n) is 9.80. The van der Waals surface area contributed by atoms with Gasteiger partial charge in [-0.1, -0.05) is 134 Å². The van der Waals surface area contributed by atoms with Crippen LogP contribution in [0.3, 0.4) is 0 Å². The number of hydrogen-bond donors (Lipinski definition) is 6. The molecule has 1 aliphatic carbocycles. The van der Waals surface area contributed by atoms with Gasteiger partial charge in [-0.25, -0.2) is 4.57 Å². The number of unbranched alkanes of at least 4 members (excludes halogenated alkanes) is 18. The molecule has 322 valence electrons. The van der Waals surface area contributed by atoms with Crippen LogP contribution in [0.5, 0.6) is 0 Å². The summed E-state index contributed by atoms with van der Waals surface area (Å²) < 4.78 is 33.4. The van der Waals surface area contributed by atoms with Crippen molar-refractivity contribution in [1.29, 1.82) is 0 Å². The molecule has 1 saturated carbocycles. The Morgan fingerprint density at radius 2 is 0.982 bits per heavy atom. The van der Waals surface area contributed by atoms with Crippen molar-refractivity contribution in [2.24, 2.45) is 0 Å². The molecule has 1 aliphatic rings. The van der Waals surface area contributed by atoms with Crippen LogP contribution in [0.4, 0.5) is 0 Å². The highest BCUT2D eigenvalue weighted by Crippen LogP contribution is 2.47. The van der Waals surface area contributed by atoms with E-state index in [9.17, 15) is 44.6 Å². The summed E-state index contributed by atoms with van der Waals surface area (Å²) in [5.74, 6) is -1.11. The van der Waals surface area contributed by atoms with Gasteiger partial charge in [-0.05, 0) is 44.9 Å². The number of esters is 2. The Morgan fingerprint density at radius 1 is 0.564 bits per heavy atom. The first-order valence-corrected chi connectivity index (χ1v) is 22.6. The van der Waals surface area contributed by atoms with Crippen LogP contribution in [-0.4, -0.2) is 98.3 Å². The lowest BCUT2D eigenvalue weighted by molar-refractivity contribution is -0.220. The first-order valence-electron chi connectivity index (χ1n) is 21.1. The Labute approximate surface area is 330 Å². The highest BCUT2D eigenvalue weighted by molar-refractivity contribution is 7.47. The molecule has 8 atom stereocenters.